The Balaban J connectivity index is 2.16. The number of methoxy groups -OCH3 is 1. The summed E-state index contributed by atoms with van der Waals surface area (Å²) in [4.78, 5) is 31.9. The molecule has 1 N–H and O–H groups in total. The monoisotopic (exact) mass is 349 g/mol. The molecule has 0 aromatic carbocycles. The summed E-state index contributed by atoms with van der Waals surface area (Å²) in [5.74, 6) is -0.357. The zero-order valence-corrected chi connectivity index (χ0v) is 14.0. The van der Waals surface area contributed by atoms with Crippen molar-refractivity contribution in [2.45, 2.75) is 13.3 Å². The summed E-state index contributed by atoms with van der Waals surface area (Å²) in [5.41, 5.74) is 0.504. The van der Waals surface area contributed by atoms with E-state index >= 15 is 0 Å². The second kappa shape index (κ2) is 8.26. The van der Waals surface area contributed by atoms with Crippen LogP contribution >= 0.6 is 11.6 Å². The van der Waals surface area contributed by atoms with E-state index in [1.54, 1.807) is 24.3 Å². The Hall–Kier alpha value is -2.67. The van der Waals surface area contributed by atoms with E-state index in [4.69, 9.17) is 16.3 Å². The Morgan fingerprint density at radius 1 is 1.21 bits per heavy atom. The van der Waals surface area contributed by atoms with Gasteiger partial charge in [-0.1, -0.05) is 17.7 Å². The van der Waals surface area contributed by atoms with Crippen molar-refractivity contribution in [3.63, 3.8) is 0 Å². The number of hydrogen-bond acceptors (Lipinski definition) is 6. The summed E-state index contributed by atoms with van der Waals surface area (Å²) in [5, 5.41) is 2.79. The average molecular weight is 350 g/mol. The molecule has 2 heterocycles. The first kappa shape index (κ1) is 17.7. The number of pyridine rings is 2. The van der Waals surface area contributed by atoms with Crippen LogP contribution < -0.4 is 10.1 Å². The molecule has 0 saturated carbocycles. The van der Waals surface area contributed by atoms with E-state index in [1.807, 2.05) is 6.92 Å². The molecule has 0 fully saturated rings. The molecule has 0 aliphatic rings. The predicted molar refractivity (Wildman–Crippen MR) is 88.3 cm³/mol. The number of rotatable bonds is 6. The fourth-order valence-corrected chi connectivity index (χ4v) is 2.05. The maximum Gasteiger partial charge on any atom is 0.311 e. The Labute approximate surface area is 144 Å². The number of esters is 1. The van der Waals surface area contributed by atoms with E-state index in [0.717, 1.165) is 0 Å². The van der Waals surface area contributed by atoms with Gasteiger partial charge in [0.2, 0.25) is 5.88 Å². The normalized spacial score (nSPS) is 10.1. The summed E-state index contributed by atoms with van der Waals surface area (Å²) < 4.78 is 9.85. The smallest absolute Gasteiger partial charge is 0.311 e. The standard InChI is InChI=1S/C16H16ClN3O4/c1-3-24-13-8-7-11(17)15(20-13)16(22)19-12-6-4-5-10(18-12)9-14(21)23-2/h4-8H,3,9H2,1-2H3,(H,18,19,22). The summed E-state index contributed by atoms with van der Waals surface area (Å²) in [6.07, 6.45) is 0.0129. The van der Waals surface area contributed by atoms with Crippen LogP contribution in [0.5, 0.6) is 5.88 Å². The molecule has 2 aromatic heterocycles. The second-order valence-electron chi connectivity index (χ2n) is 4.63. The lowest BCUT2D eigenvalue weighted by atomic mass is 10.2. The molecule has 7 nitrogen and oxygen atoms in total. The molecule has 2 aromatic rings. The molecule has 0 aliphatic heterocycles. The van der Waals surface area contributed by atoms with E-state index in [-0.39, 0.29) is 23.0 Å². The summed E-state index contributed by atoms with van der Waals surface area (Å²) in [7, 11) is 1.30. The number of nitrogens with zero attached hydrogens (tertiary/aromatic N) is 2. The molecule has 8 heteroatoms. The van der Waals surface area contributed by atoms with Gasteiger partial charge in [-0.2, -0.15) is 0 Å². The van der Waals surface area contributed by atoms with E-state index in [1.165, 1.54) is 13.2 Å². The highest BCUT2D eigenvalue weighted by molar-refractivity contribution is 6.34. The molecule has 0 saturated heterocycles. The predicted octanol–water partition coefficient (Wildman–Crippen LogP) is 2.50. The Bertz CT molecular complexity index is 752. The van der Waals surface area contributed by atoms with Crippen LogP contribution in [0.2, 0.25) is 5.02 Å². The fourth-order valence-electron chi connectivity index (χ4n) is 1.85. The van der Waals surface area contributed by atoms with Crippen LogP contribution in [-0.4, -0.2) is 35.6 Å². The van der Waals surface area contributed by atoms with Crippen molar-refractivity contribution in [1.29, 1.82) is 0 Å². The third-order valence-electron chi connectivity index (χ3n) is 2.93. The Morgan fingerprint density at radius 2 is 2.00 bits per heavy atom. The van der Waals surface area contributed by atoms with Gasteiger partial charge in [0, 0.05) is 6.07 Å². The third kappa shape index (κ3) is 4.66. The quantitative estimate of drug-likeness (QED) is 0.806. The van der Waals surface area contributed by atoms with Gasteiger partial charge < -0.3 is 14.8 Å². The minimum atomic E-state index is -0.524. The van der Waals surface area contributed by atoms with E-state index < -0.39 is 11.9 Å². The SMILES string of the molecule is CCOc1ccc(Cl)c(C(=O)Nc2cccc(CC(=O)OC)n2)n1. The molecule has 2 rings (SSSR count). The maximum atomic E-state index is 12.3. The van der Waals surface area contributed by atoms with Crippen LogP contribution in [0, 0.1) is 0 Å². The van der Waals surface area contributed by atoms with Crippen LogP contribution in [0.25, 0.3) is 0 Å². The van der Waals surface area contributed by atoms with Gasteiger partial charge in [-0.3, -0.25) is 9.59 Å². The van der Waals surface area contributed by atoms with Crippen molar-refractivity contribution in [3.05, 3.63) is 46.7 Å². The van der Waals surface area contributed by atoms with Gasteiger partial charge in [-0.05, 0) is 25.1 Å². The lowest BCUT2D eigenvalue weighted by molar-refractivity contribution is -0.139. The molecule has 0 spiro atoms. The number of carbonyl (C=O) groups excluding carboxylic acids is 2. The van der Waals surface area contributed by atoms with Gasteiger partial charge in [0.05, 0.1) is 30.9 Å². The number of hydrogen-bond donors (Lipinski definition) is 1. The van der Waals surface area contributed by atoms with Gasteiger partial charge in [0.1, 0.15) is 5.82 Å². The highest BCUT2D eigenvalue weighted by Crippen LogP contribution is 2.19. The van der Waals surface area contributed by atoms with Gasteiger partial charge in [-0.15, -0.1) is 0 Å². The molecule has 1 amide bonds. The molecular weight excluding hydrogens is 334 g/mol. The van der Waals surface area contributed by atoms with Crippen LogP contribution in [0.1, 0.15) is 23.1 Å². The molecule has 0 radical (unpaired) electrons. The first-order valence-electron chi connectivity index (χ1n) is 7.17. The zero-order chi connectivity index (χ0) is 17.5. The van der Waals surface area contributed by atoms with E-state index in [9.17, 15) is 9.59 Å². The van der Waals surface area contributed by atoms with Crippen LogP contribution in [0.4, 0.5) is 5.82 Å². The molecule has 0 atom stereocenters. The highest BCUT2D eigenvalue weighted by atomic mass is 35.5. The number of amides is 1. The van der Waals surface area contributed by atoms with E-state index in [0.29, 0.717) is 18.2 Å². The summed E-state index contributed by atoms with van der Waals surface area (Å²) in [6, 6.07) is 8.05. The maximum absolute atomic E-state index is 12.3. The van der Waals surface area contributed by atoms with Crippen LogP contribution in [-0.2, 0) is 16.0 Å². The van der Waals surface area contributed by atoms with Gasteiger partial charge >= 0.3 is 5.97 Å². The number of carbonyl (C=O) groups is 2. The molecule has 126 valence electrons. The van der Waals surface area contributed by atoms with Crippen molar-refractivity contribution in [2.24, 2.45) is 0 Å². The lowest BCUT2D eigenvalue weighted by Crippen LogP contribution is -2.16. The van der Waals surface area contributed by atoms with Crippen LogP contribution in [0.15, 0.2) is 30.3 Å². The largest absolute Gasteiger partial charge is 0.478 e. The topological polar surface area (TPSA) is 90.4 Å². The number of aromatic nitrogens is 2. The number of ether oxygens (including phenoxy) is 2. The minimum Gasteiger partial charge on any atom is -0.478 e. The molecule has 0 unspecified atom stereocenters. The summed E-state index contributed by atoms with van der Waals surface area (Å²) in [6.45, 7) is 2.24. The first-order valence-corrected chi connectivity index (χ1v) is 7.54. The van der Waals surface area contributed by atoms with E-state index in [2.05, 4.69) is 20.0 Å². The van der Waals surface area contributed by atoms with Crippen LogP contribution in [0.3, 0.4) is 0 Å². The fraction of sp³-hybridized carbons (Fsp3) is 0.250. The van der Waals surface area contributed by atoms with Gasteiger partial charge in [0.15, 0.2) is 5.69 Å². The second-order valence-corrected chi connectivity index (χ2v) is 5.04. The van der Waals surface area contributed by atoms with Crippen molar-refractivity contribution < 1.29 is 19.1 Å². The third-order valence-corrected chi connectivity index (χ3v) is 3.23. The molecule has 0 aliphatic carbocycles. The Kier molecular flexibility index (Phi) is 6.08. The number of nitrogens with one attached hydrogen (secondary N) is 1. The average Bonchev–Trinajstić information content (AvgIpc) is 2.57. The van der Waals surface area contributed by atoms with Gasteiger partial charge in [-0.25, -0.2) is 9.97 Å². The molecule has 0 bridgehead atoms. The highest BCUT2D eigenvalue weighted by Gasteiger charge is 2.15. The van der Waals surface area contributed by atoms with Crippen molar-refractivity contribution >= 4 is 29.3 Å². The number of halogens is 1. The minimum absolute atomic E-state index is 0.0129. The number of anilines is 1. The molecule has 24 heavy (non-hydrogen) atoms. The lowest BCUT2D eigenvalue weighted by Gasteiger charge is -2.08. The van der Waals surface area contributed by atoms with Crippen molar-refractivity contribution in [2.75, 3.05) is 19.0 Å². The van der Waals surface area contributed by atoms with Crippen molar-refractivity contribution in [1.82, 2.24) is 9.97 Å². The molecular formula is C16H16ClN3O4. The van der Waals surface area contributed by atoms with Gasteiger partial charge in [0.25, 0.3) is 5.91 Å². The summed E-state index contributed by atoms with van der Waals surface area (Å²) >= 11 is 6.02. The Morgan fingerprint density at radius 3 is 2.71 bits per heavy atom. The van der Waals surface area contributed by atoms with Crippen molar-refractivity contribution in [3.8, 4) is 5.88 Å². The zero-order valence-electron chi connectivity index (χ0n) is 13.2. The first-order chi connectivity index (χ1) is 11.5.